The summed E-state index contributed by atoms with van der Waals surface area (Å²) in [6.45, 7) is 6.09. The maximum absolute atomic E-state index is 5.39. The second-order valence-electron chi connectivity index (χ2n) is 5.94. The molecule has 0 bridgehead atoms. The van der Waals surface area contributed by atoms with Crippen LogP contribution >= 0.6 is 0 Å². The number of rotatable bonds is 6. The Balaban J connectivity index is 1.77. The maximum Gasteiger partial charge on any atom is 0.148 e. The Labute approximate surface area is 128 Å². The van der Waals surface area contributed by atoms with Gasteiger partial charge in [-0.3, -0.25) is 0 Å². The number of terminal acetylenes is 1. The van der Waals surface area contributed by atoms with Gasteiger partial charge in [0.1, 0.15) is 12.4 Å². The van der Waals surface area contributed by atoms with Gasteiger partial charge >= 0.3 is 0 Å². The molecule has 3 heteroatoms. The second kappa shape index (κ2) is 8.07. The fraction of sp³-hybridized carbons (Fsp3) is 0.556. The van der Waals surface area contributed by atoms with Gasteiger partial charge in [-0.2, -0.15) is 0 Å². The SMILES string of the molecule is C#CCOc1ccc(C(C)NCC2CCN(C)CC2)cc1. The molecular formula is C18H26N2O. The number of benzene rings is 1. The summed E-state index contributed by atoms with van der Waals surface area (Å²) in [4.78, 5) is 2.41. The Morgan fingerprint density at radius 2 is 2.00 bits per heavy atom. The largest absolute Gasteiger partial charge is 0.481 e. The van der Waals surface area contributed by atoms with E-state index < -0.39 is 0 Å². The molecule has 1 aliphatic heterocycles. The quantitative estimate of drug-likeness (QED) is 0.814. The summed E-state index contributed by atoms with van der Waals surface area (Å²) >= 11 is 0. The summed E-state index contributed by atoms with van der Waals surface area (Å²) < 4.78 is 5.39. The number of ether oxygens (including phenoxy) is 1. The fourth-order valence-electron chi connectivity index (χ4n) is 2.71. The van der Waals surface area contributed by atoms with E-state index in [0.29, 0.717) is 12.6 Å². The Bertz CT molecular complexity index is 455. The number of piperidine rings is 1. The van der Waals surface area contributed by atoms with Crippen LogP contribution in [0.4, 0.5) is 0 Å². The lowest BCUT2D eigenvalue weighted by Gasteiger charge is -2.30. The normalized spacial score (nSPS) is 18.1. The molecule has 0 aliphatic carbocycles. The second-order valence-corrected chi connectivity index (χ2v) is 5.94. The Kier molecular flexibility index (Phi) is 6.10. The van der Waals surface area contributed by atoms with E-state index in [9.17, 15) is 0 Å². The van der Waals surface area contributed by atoms with E-state index in [-0.39, 0.29) is 0 Å². The number of nitrogens with one attached hydrogen (secondary N) is 1. The van der Waals surface area contributed by atoms with Gasteiger partial charge in [-0.05, 0) is 70.1 Å². The molecule has 0 aromatic heterocycles. The number of hydrogen-bond donors (Lipinski definition) is 1. The van der Waals surface area contributed by atoms with Gasteiger partial charge in [0.25, 0.3) is 0 Å². The van der Waals surface area contributed by atoms with Crippen LogP contribution in [-0.4, -0.2) is 38.2 Å². The average molecular weight is 286 g/mol. The van der Waals surface area contributed by atoms with E-state index in [1.807, 2.05) is 12.1 Å². The van der Waals surface area contributed by atoms with E-state index in [2.05, 4.69) is 42.2 Å². The summed E-state index contributed by atoms with van der Waals surface area (Å²) in [6, 6.07) is 8.56. The topological polar surface area (TPSA) is 24.5 Å². The van der Waals surface area contributed by atoms with Crippen LogP contribution in [0, 0.1) is 18.3 Å². The summed E-state index contributed by atoms with van der Waals surface area (Å²) in [5.41, 5.74) is 1.29. The molecule has 1 aromatic rings. The predicted molar refractivity (Wildman–Crippen MR) is 87.4 cm³/mol. The smallest absolute Gasteiger partial charge is 0.148 e. The van der Waals surface area contributed by atoms with Crippen LogP contribution in [0.3, 0.4) is 0 Å². The molecule has 1 saturated heterocycles. The Morgan fingerprint density at radius 1 is 1.33 bits per heavy atom. The van der Waals surface area contributed by atoms with E-state index in [4.69, 9.17) is 11.2 Å². The van der Waals surface area contributed by atoms with E-state index in [1.165, 1.54) is 31.5 Å². The van der Waals surface area contributed by atoms with Crippen molar-refractivity contribution in [3.63, 3.8) is 0 Å². The first kappa shape index (κ1) is 15.9. The lowest BCUT2D eigenvalue weighted by molar-refractivity contribution is 0.213. The maximum atomic E-state index is 5.39. The zero-order valence-corrected chi connectivity index (χ0v) is 13.1. The molecule has 1 unspecified atom stereocenters. The minimum absolute atomic E-state index is 0.323. The molecule has 1 aromatic carbocycles. The van der Waals surface area contributed by atoms with Crippen LogP contribution in [-0.2, 0) is 0 Å². The van der Waals surface area contributed by atoms with Crippen molar-refractivity contribution >= 4 is 0 Å². The lowest BCUT2D eigenvalue weighted by atomic mass is 9.96. The summed E-state index contributed by atoms with van der Waals surface area (Å²) in [7, 11) is 2.20. The van der Waals surface area contributed by atoms with Gasteiger partial charge in [0, 0.05) is 6.04 Å². The van der Waals surface area contributed by atoms with Crippen LogP contribution in [0.2, 0.25) is 0 Å². The highest BCUT2D eigenvalue weighted by atomic mass is 16.5. The van der Waals surface area contributed by atoms with Gasteiger partial charge in [0.2, 0.25) is 0 Å². The van der Waals surface area contributed by atoms with Crippen molar-refractivity contribution in [2.45, 2.75) is 25.8 Å². The monoisotopic (exact) mass is 286 g/mol. The molecular weight excluding hydrogens is 260 g/mol. The highest BCUT2D eigenvalue weighted by Gasteiger charge is 2.17. The molecule has 0 saturated carbocycles. The molecule has 1 N–H and O–H groups in total. The Morgan fingerprint density at radius 3 is 2.62 bits per heavy atom. The highest BCUT2D eigenvalue weighted by molar-refractivity contribution is 5.29. The van der Waals surface area contributed by atoms with Crippen LogP contribution in [0.5, 0.6) is 5.75 Å². The van der Waals surface area contributed by atoms with E-state index >= 15 is 0 Å². The third-order valence-electron chi connectivity index (χ3n) is 4.25. The molecule has 1 atom stereocenters. The van der Waals surface area contributed by atoms with Gasteiger partial charge in [-0.25, -0.2) is 0 Å². The average Bonchev–Trinajstić information content (AvgIpc) is 2.52. The third kappa shape index (κ3) is 5.08. The first-order valence-corrected chi connectivity index (χ1v) is 7.77. The molecule has 2 rings (SSSR count). The first-order valence-electron chi connectivity index (χ1n) is 7.77. The number of nitrogens with zero attached hydrogens (tertiary/aromatic N) is 1. The minimum atomic E-state index is 0.323. The highest BCUT2D eigenvalue weighted by Crippen LogP contribution is 2.20. The predicted octanol–water partition coefficient (Wildman–Crippen LogP) is 2.69. The van der Waals surface area contributed by atoms with Crippen LogP contribution < -0.4 is 10.1 Å². The fourth-order valence-corrected chi connectivity index (χ4v) is 2.71. The zero-order chi connectivity index (χ0) is 15.1. The van der Waals surface area contributed by atoms with Crippen molar-refractivity contribution in [1.82, 2.24) is 10.2 Å². The molecule has 1 heterocycles. The molecule has 114 valence electrons. The van der Waals surface area contributed by atoms with Crippen molar-refractivity contribution in [1.29, 1.82) is 0 Å². The van der Waals surface area contributed by atoms with E-state index in [0.717, 1.165) is 18.2 Å². The molecule has 0 spiro atoms. The molecule has 1 aliphatic rings. The van der Waals surface area contributed by atoms with Gasteiger partial charge in [-0.1, -0.05) is 18.1 Å². The molecule has 3 nitrogen and oxygen atoms in total. The summed E-state index contributed by atoms with van der Waals surface area (Å²) in [6.07, 6.45) is 7.79. The van der Waals surface area contributed by atoms with Gasteiger partial charge < -0.3 is 15.0 Å². The van der Waals surface area contributed by atoms with Gasteiger partial charge in [0.15, 0.2) is 0 Å². The lowest BCUT2D eigenvalue weighted by Crippen LogP contribution is -2.35. The van der Waals surface area contributed by atoms with Crippen LogP contribution in [0.25, 0.3) is 0 Å². The van der Waals surface area contributed by atoms with Crippen molar-refractivity contribution in [2.24, 2.45) is 5.92 Å². The Hall–Kier alpha value is -1.50. The van der Waals surface area contributed by atoms with Crippen LogP contribution in [0.15, 0.2) is 24.3 Å². The molecule has 0 radical (unpaired) electrons. The molecule has 21 heavy (non-hydrogen) atoms. The molecule has 0 amide bonds. The zero-order valence-electron chi connectivity index (χ0n) is 13.1. The van der Waals surface area contributed by atoms with Crippen molar-refractivity contribution in [3.05, 3.63) is 29.8 Å². The number of hydrogen-bond acceptors (Lipinski definition) is 3. The van der Waals surface area contributed by atoms with Crippen LogP contribution in [0.1, 0.15) is 31.4 Å². The number of likely N-dealkylation sites (tertiary alicyclic amines) is 1. The summed E-state index contributed by atoms with van der Waals surface area (Å²) in [5.74, 6) is 4.12. The van der Waals surface area contributed by atoms with Gasteiger partial charge in [0.05, 0.1) is 0 Å². The van der Waals surface area contributed by atoms with Crippen molar-refractivity contribution in [2.75, 3.05) is 33.3 Å². The minimum Gasteiger partial charge on any atom is -0.481 e. The first-order chi connectivity index (χ1) is 10.2. The van der Waals surface area contributed by atoms with Gasteiger partial charge in [-0.15, -0.1) is 6.42 Å². The molecule has 1 fully saturated rings. The van der Waals surface area contributed by atoms with Crippen molar-refractivity contribution in [3.8, 4) is 18.1 Å². The standard InChI is InChI=1S/C18H26N2O/c1-4-13-21-18-7-5-17(6-8-18)15(2)19-14-16-9-11-20(3)12-10-16/h1,5-8,15-16,19H,9-14H2,2-3H3. The summed E-state index contributed by atoms with van der Waals surface area (Å²) in [5, 5.41) is 3.65. The third-order valence-corrected chi connectivity index (χ3v) is 4.25. The van der Waals surface area contributed by atoms with E-state index in [1.54, 1.807) is 0 Å². The van der Waals surface area contributed by atoms with Crippen molar-refractivity contribution < 1.29 is 4.74 Å².